The molecular formula is C20H26N4O. The Morgan fingerprint density at radius 3 is 2.32 bits per heavy atom. The summed E-state index contributed by atoms with van der Waals surface area (Å²) in [5.74, 6) is 0.789. The molecule has 5 nitrogen and oxygen atoms in total. The number of nitrogens with zero attached hydrogens (tertiary/aromatic N) is 1. The van der Waals surface area contributed by atoms with Crippen LogP contribution in [-0.4, -0.2) is 18.9 Å². The van der Waals surface area contributed by atoms with Crippen molar-refractivity contribution in [2.75, 3.05) is 12.4 Å². The molecule has 132 valence electrons. The van der Waals surface area contributed by atoms with Crippen LogP contribution in [0.1, 0.15) is 30.9 Å². The summed E-state index contributed by atoms with van der Waals surface area (Å²) in [5, 5.41) is 9.50. The lowest BCUT2D eigenvalue weighted by molar-refractivity contribution is -0.116. The van der Waals surface area contributed by atoms with Crippen molar-refractivity contribution < 1.29 is 4.79 Å². The summed E-state index contributed by atoms with van der Waals surface area (Å²) in [6.45, 7) is 3.34. The van der Waals surface area contributed by atoms with Crippen molar-refractivity contribution in [1.82, 2.24) is 10.6 Å². The molecule has 5 heteroatoms. The molecule has 0 aromatic heterocycles. The van der Waals surface area contributed by atoms with Gasteiger partial charge in [0.2, 0.25) is 5.91 Å². The third-order valence-corrected chi connectivity index (χ3v) is 3.67. The van der Waals surface area contributed by atoms with Crippen LogP contribution in [0.3, 0.4) is 0 Å². The van der Waals surface area contributed by atoms with E-state index in [9.17, 15) is 4.79 Å². The summed E-state index contributed by atoms with van der Waals surface area (Å²) in [7, 11) is 1.75. The van der Waals surface area contributed by atoms with Crippen LogP contribution in [-0.2, 0) is 17.9 Å². The fourth-order valence-electron chi connectivity index (χ4n) is 2.40. The van der Waals surface area contributed by atoms with Gasteiger partial charge in [-0.05, 0) is 29.7 Å². The molecule has 1 amide bonds. The van der Waals surface area contributed by atoms with E-state index in [2.05, 4.69) is 33.1 Å². The van der Waals surface area contributed by atoms with E-state index < -0.39 is 0 Å². The molecule has 0 aliphatic heterocycles. The topological polar surface area (TPSA) is 65.5 Å². The first-order valence-electron chi connectivity index (χ1n) is 8.58. The molecule has 2 rings (SSSR count). The van der Waals surface area contributed by atoms with Gasteiger partial charge in [-0.1, -0.05) is 49.4 Å². The molecule has 2 aromatic rings. The molecule has 0 aliphatic carbocycles. The fraction of sp³-hybridized carbons (Fsp3) is 0.300. The first kappa shape index (κ1) is 18.5. The van der Waals surface area contributed by atoms with Crippen LogP contribution < -0.4 is 16.0 Å². The average molecular weight is 338 g/mol. The van der Waals surface area contributed by atoms with Crippen LogP contribution in [0.15, 0.2) is 59.6 Å². The minimum atomic E-state index is 0.0490. The highest BCUT2D eigenvalue weighted by atomic mass is 16.1. The molecular weight excluding hydrogens is 312 g/mol. The van der Waals surface area contributed by atoms with Crippen molar-refractivity contribution in [2.45, 2.75) is 32.9 Å². The zero-order valence-electron chi connectivity index (χ0n) is 14.9. The zero-order chi connectivity index (χ0) is 17.9. The molecule has 0 bridgehead atoms. The van der Waals surface area contributed by atoms with E-state index in [0.717, 1.165) is 23.6 Å². The lowest BCUT2D eigenvalue weighted by atomic mass is 10.2. The second kappa shape index (κ2) is 10.1. The van der Waals surface area contributed by atoms with Crippen molar-refractivity contribution in [3.05, 3.63) is 65.7 Å². The van der Waals surface area contributed by atoms with Crippen LogP contribution in [0.2, 0.25) is 0 Å². The summed E-state index contributed by atoms with van der Waals surface area (Å²) in [6, 6.07) is 18.0. The number of hydrogen-bond acceptors (Lipinski definition) is 2. The second-order valence-corrected chi connectivity index (χ2v) is 5.76. The Bertz CT molecular complexity index is 698. The molecule has 3 N–H and O–H groups in total. The first-order chi connectivity index (χ1) is 12.2. The van der Waals surface area contributed by atoms with Gasteiger partial charge in [-0.15, -0.1) is 0 Å². The van der Waals surface area contributed by atoms with Crippen molar-refractivity contribution in [3.63, 3.8) is 0 Å². The van der Waals surface area contributed by atoms with Gasteiger partial charge in [0.15, 0.2) is 5.96 Å². The lowest BCUT2D eigenvalue weighted by Gasteiger charge is -2.13. The van der Waals surface area contributed by atoms with Crippen molar-refractivity contribution in [1.29, 1.82) is 0 Å². The number of amides is 1. The fourth-order valence-corrected chi connectivity index (χ4v) is 2.40. The molecule has 0 fully saturated rings. The highest BCUT2D eigenvalue weighted by Crippen LogP contribution is 2.11. The van der Waals surface area contributed by atoms with Gasteiger partial charge in [-0.2, -0.15) is 0 Å². The van der Waals surface area contributed by atoms with Gasteiger partial charge >= 0.3 is 0 Å². The number of anilines is 1. The molecule has 2 aromatic carbocycles. The highest BCUT2D eigenvalue weighted by Gasteiger charge is 2.03. The minimum absolute atomic E-state index is 0.0490. The number of rotatable bonds is 7. The van der Waals surface area contributed by atoms with Crippen LogP contribution >= 0.6 is 0 Å². The van der Waals surface area contributed by atoms with E-state index in [1.165, 1.54) is 5.56 Å². The van der Waals surface area contributed by atoms with Crippen LogP contribution in [0.5, 0.6) is 0 Å². The maximum atomic E-state index is 11.7. The number of benzene rings is 2. The summed E-state index contributed by atoms with van der Waals surface area (Å²) in [4.78, 5) is 15.9. The van der Waals surface area contributed by atoms with E-state index in [1.807, 2.05) is 49.4 Å². The maximum Gasteiger partial charge on any atom is 0.224 e. The number of carbonyl (C=O) groups excluding carboxylic acids is 1. The van der Waals surface area contributed by atoms with Crippen molar-refractivity contribution >= 4 is 17.6 Å². The van der Waals surface area contributed by atoms with E-state index >= 15 is 0 Å². The predicted octanol–water partition coefficient (Wildman–Crippen LogP) is 3.29. The van der Waals surface area contributed by atoms with Crippen LogP contribution in [0.4, 0.5) is 5.69 Å². The number of nitrogens with one attached hydrogen (secondary N) is 3. The number of carbonyl (C=O) groups is 1. The number of guanidine groups is 1. The summed E-state index contributed by atoms with van der Waals surface area (Å²) in [5.41, 5.74) is 3.10. The largest absolute Gasteiger partial charge is 0.352 e. The lowest BCUT2D eigenvalue weighted by Crippen LogP contribution is -2.36. The molecule has 0 unspecified atom stereocenters. The Balaban J connectivity index is 1.85. The Morgan fingerprint density at radius 1 is 0.960 bits per heavy atom. The molecule has 0 aliphatic rings. The second-order valence-electron chi connectivity index (χ2n) is 5.76. The van der Waals surface area contributed by atoms with Gasteiger partial charge in [0, 0.05) is 32.2 Å². The van der Waals surface area contributed by atoms with Crippen molar-refractivity contribution in [3.8, 4) is 0 Å². The Kier molecular flexibility index (Phi) is 7.50. The molecule has 0 saturated carbocycles. The maximum absolute atomic E-state index is 11.7. The monoisotopic (exact) mass is 338 g/mol. The molecule has 0 saturated heterocycles. The van der Waals surface area contributed by atoms with E-state index in [1.54, 1.807) is 7.05 Å². The SMILES string of the molecule is CCCC(=O)Nc1cccc(CNC(=NC)NCc2ccccc2)c1. The van der Waals surface area contributed by atoms with Crippen LogP contribution in [0, 0.1) is 0 Å². The van der Waals surface area contributed by atoms with Gasteiger partial charge in [0.1, 0.15) is 0 Å². The molecule has 0 spiro atoms. The Hall–Kier alpha value is -2.82. The summed E-state index contributed by atoms with van der Waals surface area (Å²) >= 11 is 0. The predicted molar refractivity (Wildman–Crippen MR) is 103 cm³/mol. The summed E-state index contributed by atoms with van der Waals surface area (Å²) in [6.07, 6.45) is 1.38. The Labute approximate surface area is 149 Å². The van der Waals surface area contributed by atoms with Gasteiger partial charge in [-0.3, -0.25) is 9.79 Å². The number of hydrogen-bond donors (Lipinski definition) is 3. The first-order valence-corrected chi connectivity index (χ1v) is 8.58. The Morgan fingerprint density at radius 2 is 1.64 bits per heavy atom. The van der Waals surface area contributed by atoms with Gasteiger partial charge in [0.05, 0.1) is 0 Å². The van der Waals surface area contributed by atoms with Crippen LogP contribution in [0.25, 0.3) is 0 Å². The normalized spacial score (nSPS) is 11.0. The van der Waals surface area contributed by atoms with E-state index in [4.69, 9.17) is 0 Å². The standard InChI is InChI=1S/C20H26N4O/c1-3-8-19(25)24-18-12-7-11-17(13-18)15-23-20(21-2)22-14-16-9-5-4-6-10-16/h4-7,9-13H,3,8,14-15H2,1-2H3,(H,24,25)(H2,21,22,23). The van der Waals surface area contributed by atoms with Crippen molar-refractivity contribution in [2.24, 2.45) is 4.99 Å². The third kappa shape index (κ3) is 6.67. The summed E-state index contributed by atoms with van der Waals surface area (Å²) < 4.78 is 0. The molecule has 25 heavy (non-hydrogen) atoms. The van der Waals surface area contributed by atoms with Gasteiger partial charge in [0.25, 0.3) is 0 Å². The third-order valence-electron chi connectivity index (χ3n) is 3.67. The smallest absolute Gasteiger partial charge is 0.224 e. The van der Waals surface area contributed by atoms with E-state index in [-0.39, 0.29) is 5.91 Å². The quantitative estimate of drug-likeness (QED) is 0.536. The van der Waals surface area contributed by atoms with Gasteiger partial charge < -0.3 is 16.0 Å². The van der Waals surface area contributed by atoms with Gasteiger partial charge in [-0.25, -0.2) is 0 Å². The molecule has 0 heterocycles. The minimum Gasteiger partial charge on any atom is -0.352 e. The molecule has 0 radical (unpaired) electrons. The number of aliphatic imine (C=N–C) groups is 1. The zero-order valence-corrected chi connectivity index (χ0v) is 14.9. The molecule has 0 atom stereocenters. The highest BCUT2D eigenvalue weighted by molar-refractivity contribution is 5.90. The van der Waals surface area contributed by atoms with E-state index in [0.29, 0.717) is 19.5 Å². The average Bonchev–Trinajstić information content (AvgIpc) is 2.63.